The van der Waals surface area contributed by atoms with Gasteiger partial charge in [0.2, 0.25) is 0 Å². The second-order valence-electron chi connectivity index (χ2n) is 16.2. The van der Waals surface area contributed by atoms with Gasteiger partial charge in [0.05, 0.1) is 19.8 Å². The Labute approximate surface area is 391 Å². The molecule has 2 aromatic carbocycles. The van der Waals surface area contributed by atoms with Crippen molar-refractivity contribution < 1.29 is 105 Å². The summed E-state index contributed by atoms with van der Waals surface area (Å²) in [6, 6.07) is 18.5. The number of fused-ring (bicyclic) bond motifs is 2. The number of esters is 7. The zero-order chi connectivity index (χ0) is 49.1. The van der Waals surface area contributed by atoms with Crippen LogP contribution < -0.4 is 0 Å². The summed E-state index contributed by atoms with van der Waals surface area (Å²) in [5.74, 6) is -6.08. The smallest absolute Gasteiger partial charge is 0.303 e. The van der Waals surface area contributed by atoms with Crippen LogP contribution in [0.1, 0.15) is 59.6 Å². The van der Waals surface area contributed by atoms with Gasteiger partial charge in [-0.3, -0.25) is 33.6 Å². The van der Waals surface area contributed by atoms with Crippen LogP contribution in [0, 0.1) is 0 Å². The molecule has 4 aliphatic heterocycles. The lowest BCUT2D eigenvalue weighted by atomic mass is 9.95. The lowest BCUT2D eigenvalue weighted by Gasteiger charge is -2.50. The van der Waals surface area contributed by atoms with E-state index < -0.39 is 147 Å². The van der Waals surface area contributed by atoms with E-state index in [0.717, 1.165) is 59.6 Å². The maximum atomic E-state index is 13.1. The Balaban J connectivity index is 1.41. The molecule has 4 saturated heterocycles. The highest BCUT2D eigenvalue weighted by Gasteiger charge is 2.60. The molecule has 4 heterocycles. The molecule has 4 aliphatic rings. The van der Waals surface area contributed by atoms with E-state index in [1.165, 1.54) is 0 Å². The number of carbonyl (C=O) groups is 7. The van der Waals surface area contributed by atoms with Crippen LogP contribution in [0.5, 0.6) is 0 Å². The highest BCUT2D eigenvalue weighted by atomic mass is 16.8. The first-order valence-corrected chi connectivity index (χ1v) is 21.8. The zero-order valence-electron chi connectivity index (χ0n) is 38.5. The van der Waals surface area contributed by atoms with E-state index >= 15 is 0 Å². The van der Waals surface area contributed by atoms with Gasteiger partial charge in [0.25, 0.3) is 0 Å². The Morgan fingerprint density at radius 3 is 1.29 bits per heavy atom. The van der Waals surface area contributed by atoms with Crippen LogP contribution in [0.4, 0.5) is 0 Å². The molecule has 0 amide bonds. The normalized spacial score (nSPS) is 31.9. The zero-order valence-corrected chi connectivity index (χ0v) is 38.5. The Morgan fingerprint density at radius 2 is 0.838 bits per heavy atom. The molecule has 0 radical (unpaired) electrons. The molecule has 0 spiro atoms. The SMILES string of the molecule is CC(=O)OC[C@H]1O[C@H](O[C@H]2[C@H](OC(C)=O)[C@@H](OC(C)=O)[C@H](O[C@@H]3[C@@H](OCc4ccccc4)[C@@H]4OC[C@@H](O4)[C@H]3OCc3ccccc3)O[C@@H]2COC(C)=O)[C@H](OC(C)=O)[C@@H](OC(C)=O)[C@@H]1OC(C)=O. The highest BCUT2D eigenvalue weighted by Crippen LogP contribution is 2.40. The third kappa shape index (κ3) is 14.0. The lowest BCUT2D eigenvalue weighted by Crippen LogP contribution is -2.68. The van der Waals surface area contributed by atoms with Crippen molar-refractivity contribution in [2.24, 2.45) is 0 Å². The molecule has 22 nitrogen and oxygen atoms in total. The van der Waals surface area contributed by atoms with Crippen LogP contribution in [0.25, 0.3) is 0 Å². The maximum absolute atomic E-state index is 13.1. The Hall–Kier alpha value is -5.59. The van der Waals surface area contributed by atoms with Crippen LogP contribution in [-0.4, -0.2) is 154 Å². The number of benzene rings is 2. The molecule has 0 N–H and O–H groups in total. The molecular weight excluding hydrogens is 904 g/mol. The predicted molar refractivity (Wildman–Crippen MR) is 223 cm³/mol. The quantitative estimate of drug-likeness (QED) is 0.144. The van der Waals surface area contributed by atoms with Gasteiger partial charge in [0.15, 0.2) is 49.4 Å². The van der Waals surface area contributed by atoms with Gasteiger partial charge in [0, 0.05) is 48.5 Å². The van der Waals surface area contributed by atoms with Crippen LogP contribution in [-0.2, 0) is 118 Å². The first-order chi connectivity index (χ1) is 32.5. The lowest BCUT2D eigenvalue weighted by molar-refractivity contribution is -0.376. The summed E-state index contributed by atoms with van der Waals surface area (Å²) in [6.45, 7) is 6.53. The minimum Gasteiger partial charge on any atom is -0.463 e. The summed E-state index contributed by atoms with van der Waals surface area (Å²) < 4.78 is 90.4. The topological polar surface area (TPSA) is 258 Å². The fourth-order valence-corrected chi connectivity index (χ4v) is 8.14. The molecule has 372 valence electrons. The van der Waals surface area contributed by atoms with Gasteiger partial charge in [-0.15, -0.1) is 0 Å². The minimum absolute atomic E-state index is 0.0700. The first-order valence-electron chi connectivity index (χ1n) is 21.8. The number of carbonyl (C=O) groups excluding carboxylic acids is 7. The van der Waals surface area contributed by atoms with Crippen molar-refractivity contribution in [3.8, 4) is 0 Å². The molecule has 68 heavy (non-hydrogen) atoms. The summed E-state index contributed by atoms with van der Waals surface area (Å²) >= 11 is 0. The molecule has 22 heteroatoms. The van der Waals surface area contributed by atoms with Gasteiger partial charge in [0.1, 0.15) is 55.9 Å². The van der Waals surface area contributed by atoms with Crippen molar-refractivity contribution in [2.75, 3.05) is 19.8 Å². The van der Waals surface area contributed by atoms with E-state index in [9.17, 15) is 33.6 Å². The van der Waals surface area contributed by atoms with Crippen molar-refractivity contribution in [1.29, 1.82) is 0 Å². The average Bonchev–Trinajstić information content (AvgIpc) is 3.70. The highest BCUT2D eigenvalue weighted by molar-refractivity contribution is 5.69. The van der Waals surface area contributed by atoms with Crippen molar-refractivity contribution in [2.45, 2.75) is 154 Å². The second kappa shape index (κ2) is 24.1. The standard InChI is InChI=1S/C46H56O22/c1-23(47)54-20-33-36(59-25(3)49)39(60-26(4)50)42(62-28(6)52)45(65-33)67-37-34(21-55-24(2)48)66-46(43(63-29(7)53)40(37)61-27(5)51)68-38-35(56-18-30-14-10-8-11-15-30)32-22-58-44(64-32)41(38)57-19-31-16-12-9-13-17-31/h8-17,32-46H,18-22H2,1-7H3/t32-,33-,34-,35-,36-,37-,38+,39+,40+,41-,42-,43-,44-,45-,46+/m1/s1. The summed E-state index contributed by atoms with van der Waals surface area (Å²) in [5, 5.41) is 0. The Kier molecular flexibility index (Phi) is 18.4. The van der Waals surface area contributed by atoms with Gasteiger partial charge < -0.3 is 71.1 Å². The molecule has 6 rings (SSSR count). The van der Waals surface area contributed by atoms with Crippen molar-refractivity contribution in [3.63, 3.8) is 0 Å². The monoisotopic (exact) mass is 960 g/mol. The summed E-state index contributed by atoms with van der Waals surface area (Å²) in [4.78, 5) is 88.3. The van der Waals surface area contributed by atoms with Crippen LogP contribution >= 0.6 is 0 Å². The van der Waals surface area contributed by atoms with Crippen molar-refractivity contribution in [1.82, 2.24) is 0 Å². The minimum atomic E-state index is -1.87. The van der Waals surface area contributed by atoms with E-state index in [1.54, 1.807) is 0 Å². The molecule has 15 atom stereocenters. The number of hydrogen-bond donors (Lipinski definition) is 0. The predicted octanol–water partition coefficient (Wildman–Crippen LogP) is 1.92. The summed E-state index contributed by atoms with van der Waals surface area (Å²) in [7, 11) is 0. The largest absolute Gasteiger partial charge is 0.463 e. The number of rotatable bonds is 19. The van der Waals surface area contributed by atoms with Gasteiger partial charge in [-0.25, -0.2) is 0 Å². The van der Waals surface area contributed by atoms with E-state index in [0.29, 0.717) is 0 Å². The van der Waals surface area contributed by atoms with Gasteiger partial charge in [-0.05, 0) is 11.1 Å². The summed E-state index contributed by atoms with van der Waals surface area (Å²) in [6.07, 6.45) is -21.4. The fourth-order valence-electron chi connectivity index (χ4n) is 8.14. The van der Waals surface area contributed by atoms with Gasteiger partial charge >= 0.3 is 41.8 Å². The summed E-state index contributed by atoms with van der Waals surface area (Å²) in [5.41, 5.74) is 1.62. The molecule has 0 aromatic heterocycles. The molecular formula is C46H56O22. The Morgan fingerprint density at radius 1 is 0.441 bits per heavy atom. The maximum Gasteiger partial charge on any atom is 0.303 e. The molecule has 2 bridgehead atoms. The molecule has 0 unspecified atom stereocenters. The average molecular weight is 961 g/mol. The van der Waals surface area contributed by atoms with Crippen LogP contribution in [0.15, 0.2) is 60.7 Å². The Bertz CT molecular complexity index is 1990. The van der Waals surface area contributed by atoms with E-state index in [-0.39, 0.29) is 19.8 Å². The second-order valence-corrected chi connectivity index (χ2v) is 16.2. The van der Waals surface area contributed by atoms with E-state index in [4.69, 9.17) is 71.1 Å². The van der Waals surface area contributed by atoms with Crippen molar-refractivity contribution in [3.05, 3.63) is 71.8 Å². The molecule has 2 aromatic rings. The molecule has 4 fully saturated rings. The van der Waals surface area contributed by atoms with Crippen LogP contribution in [0.3, 0.4) is 0 Å². The number of ether oxygens (including phenoxy) is 15. The van der Waals surface area contributed by atoms with Gasteiger partial charge in [-0.1, -0.05) is 60.7 Å². The van der Waals surface area contributed by atoms with Crippen LogP contribution in [0.2, 0.25) is 0 Å². The van der Waals surface area contributed by atoms with Gasteiger partial charge in [-0.2, -0.15) is 0 Å². The molecule has 0 aliphatic carbocycles. The third-order valence-electron chi connectivity index (χ3n) is 10.8. The van der Waals surface area contributed by atoms with E-state index in [1.807, 2.05) is 60.7 Å². The number of hydrogen-bond acceptors (Lipinski definition) is 22. The molecule has 0 saturated carbocycles. The van der Waals surface area contributed by atoms with Crippen molar-refractivity contribution >= 4 is 41.8 Å². The first kappa shape index (κ1) is 51.8. The third-order valence-corrected chi connectivity index (χ3v) is 10.8. The van der Waals surface area contributed by atoms with E-state index in [2.05, 4.69) is 0 Å². The fraction of sp³-hybridized carbons (Fsp3) is 0.587.